The zero-order valence-electron chi connectivity index (χ0n) is 64.2. The predicted molar refractivity (Wildman–Crippen MR) is 375 cm³/mol. The minimum atomic E-state index is -5.25. The summed E-state index contributed by atoms with van der Waals surface area (Å²) in [5.41, 5.74) is -2.42. The summed E-state index contributed by atoms with van der Waals surface area (Å²) in [4.78, 5) is 175. The molecule has 5 saturated carbocycles. The van der Waals surface area contributed by atoms with Gasteiger partial charge in [-0.05, 0) is 132 Å². The van der Waals surface area contributed by atoms with E-state index in [2.05, 4.69) is 16.0 Å². The minimum absolute atomic E-state index is 0.00569. The quantitative estimate of drug-likeness (QED) is 0.117. The molecule has 11 amide bonds. The summed E-state index contributed by atoms with van der Waals surface area (Å²) < 4.78 is 153. The first-order chi connectivity index (χ1) is 50.5. The number of rotatable bonds is 13. The molecular formula is C75H113F10N11O12. The van der Waals surface area contributed by atoms with Gasteiger partial charge in [-0.3, -0.25) is 52.7 Å². The fourth-order valence-electron chi connectivity index (χ4n) is 17.6. The van der Waals surface area contributed by atoms with Gasteiger partial charge in [-0.15, -0.1) is 0 Å². The zero-order valence-corrected chi connectivity index (χ0v) is 64.2. The molecular weight excluding hydrogens is 1440 g/mol. The molecule has 12 atom stereocenters. The molecule has 2 bridgehead atoms. The van der Waals surface area contributed by atoms with Crippen LogP contribution in [0.4, 0.5) is 43.9 Å². The normalized spacial score (nSPS) is 33.2. The molecule has 3 aliphatic heterocycles. The van der Waals surface area contributed by atoms with Crippen LogP contribution in [0.15, 0.2) is 12.2 Å². The van der Waals surface area contributed by atoms with E-state index in [1.54, 1.807) is 46.8 Å². The van der Waals surface area contributed by atoms with Gasteiger partial charge < -0.3 is 59.9 Å². The average Bonchev–Trinajstić information content (AvgIpc) is 1.72. The predicted octanol–water partition coefficient (Wildman–Crippen LogP) is 7.92. The van der Waals surface area contributed by atoms with E-state index in [0.717, 1.165) is 37.3 Å². The number of alkyl halides is 10. The molecule has 3 heterocycles. The summed E-state index contributed by atoms with van der Waals surface area (Å²) in [6.45, 7) is 6.49. The van der Waals surface area contributed by atoms with Crippen LogP contribution in [0.3, 0.4) is 0 Å². The van der Waals surface area contributed by atoms with Gasteiger partial charge in [0.1, 0.15) is 66.1 Å². The number of fused-ring (bicyclic) bond motifs is 3. The fraction of sp³-hybridized carbons (Fsp3) is 0.827. The summed E-state index contributed by atoms with van der Waals surface area (Å²) in [6, 6.07) is -11.0. The second-order valence-electron chi connectivity index (χ2n) is 32.6. The van der Waals surface area contributed by atoms with Crippen LogP contribution < -0.4 is 16.0 Å². The summed E-state index contributed by atoms with van der Waals surface area (Å²) in [7, 11) is 8.01. The van der Waals surface area contributed by atoms with Gasteiger partial charge in [0.25, 0.3) is 5.92 Å². The number of nitrogens with one attached hydrogen (secondary N) is 3. The van der Waals surface area contributed by atoms with E-state index in [4.69, 9.17) is 4.74 Å². The molecule has 0 aromatic rings. The van der Waals surface area contributed by atoms with Gasteiger partial charge in [0.05, 0.1) is 25.1 Å². The van der Waals surface area contributed by atoms with E-state index in [1.807, 2.05) is 0 Å². The number of halogens is 10. The Kier molecular flexibility index (Phi) is 29.0. The van der Waals surface area contributed by atoms with Gasteiger partial charge >= 0.3 is 12.4 Å². The third-order valence-electron chi connectivity index (χ3n) is 24.5. The first-order valence-corrected chi connectivity index (χ1v) is 38.7. The van der Waals surface area contributed by atoms with Crippen LogP contribution in [0.25, 0.3) is 0 Å². The Morgan fingerprint density at radius 3 is 1.74 bits per heavy atom. The number of hydrogen-bond acceptors (Lipinski definition) is 12. The van der Waals surface area contributed by atoms with Gasteiger partial charge in [-0.25, -0.2) is 17.6 Å². The number of amides is 11. The molecule has 108 heavy (non-hydrogen) atoms. The molecule has 33 heteroatoms. The SMILES string of the molecule is CCO[C@@H]1C[C@H]2C(=O)NC3(CC(F)(F)C3)C(=O)N(C)[C@@H](C3CCCC3)C(=O)N(C)[C@@H](C(C)C)CC(=O)N(C)[C@@H](CC3CC3)C(=O)N[C@@H]([C@@H](C)CC)C(=O)N(C)CC(=O)N(C)[C@H]3C/C=C\CCN(C3=O)[C@@H](CC3CCC(C(F)(F)F)CC3)C(=O)N(C)CC(=O)N[C@@H](CCC3CC(F)C(C(F)(F)F)C(F)C3)C(=O)N2C1. The molecule has 610 valence electrons. The monoisotopic (exact) mass is 1550 g/mol. The van der Waals surface area contributed by atoms with Crippen molar-refractivity contribution in [2.24, 2.45) is 47.3 Å². The highest BCUT2D eigenvalue weighted by Gasteiger charge is 2.64. The fourth-order valence-corrected chi connectivity index (χ4v) is 17.6. The van der Waals surface area contributed by atoms with Gasteiger partial charge in [0.2, 0.25) is 65.0 Å². The van der Waals surface area contributed by atoms with Crippen molar-refractivity contribution in [3.63, 3.8) is 0 Å². The lowest BCUT2D eigenvalue weighted by Crippen LogP contribution is -2.72. The van der Waals surface area contributed by atoms with Crippen molar-refractivity contribution in [1.82, 2.24) is 55.1 Å². The molecule has 0 aromatic heterocycles. The molecule has 23 nitrogen and oxygen atoms in total. The third kappa shape index (κ3) is 20.8. The minimum Gasteiger partial charge on any atom is -0.377 e. The molecule has 8 aliphatic rings. The maximum absolute atomic E-state index is 15.7. The first kappa shape index (κ1) is 86.8. The Morgan fingerprint density at radius 1 is 0.593 bits per heavy atom. The molecule has 1 spiro atoms. The molecule has 2 unspecified atom stereocenters. The van der Waals surface area contributed by atoms with Crippen molar-refractivity contribution in [3.05, 3.63) is 12.2 Å². The topological polar surface area (TPSA) is 259 Å². The number of ether oxygens (including phenoxy) is 1. The highest BCUT2D eigenvalue weighted by molar-refractivity contribution is 6.00. The van der Waals surface area contributed by atoms with Gasteiger partial charge in [-0.1, -0.05) is 72.0 Å². The highest BCUT2D eigenvalue weighted by Crippen LogP contribution is 2.49. The van der Waals surface area contributed by atoms with Crippen LogP contribution in [-0.4, -0.2) is 270 Å². The Balaban J connectivity index is 1.20. The van der Waals surface area contributed by atoms with Crippen LogP contribution >= 0.6 is 0 Å². The summed E-state index contributed by atoms with van der Waals surface area (Å²) in [5, 5.41) is 8.00. The molecule has 2 saturated heterocycles. The summed E-state index contributed by atoms with van der Waals surface area (Å²) >= 11 is 0. The second-order valence-corrected chi connectivity index (χ2v) is 32.6. The van der Waals surface area contributed by atoms with Crippen molar-refractivity contribution in [1.29, 1.82) is 0 Å². The number of carbonyl (C=O) groups excluding carboxylic acids is 11. The van der Waals surface area contributed by atoms with Crippen LogP contribution in [0.5, 0.6) is 0 Å². The average molecular weight is 1550 g/mol. The number of hydrogen-bond donors (Lipinski definition) is 3. The van der Waals surface area contributed by atoms with E-state index in [-0.39, 0.29) is 83.3 Å². The smallest absolute Gasteiger partial charge is 0.377 e. The lowest BCUT2D eigenvalue weighted by molar-refractivity contribution is -0.219. The van der Waals surface area contributed by atoms with Gasteiger partial charge in [0.15, 0.2) is 0 Å². The molecule has 8 rings (SSSR count). The maximum Gasteiger partial charge on any atom is 0.397 e. The molecule has 3 N–H and O–H groups in total. The standard InChI is InChI=1S/C75H113F10N11O12/c1-12-43(5)62-69(105)90(7)39-60(99)91(8)53-21-15-14-18-30-95(68(53)104)57(34-45-24-27-48(28-25-45)74(80,81)82)67(103)89(6)38-58(97)86-52(29-26-46-31-50(76)61(51(77)32-46)75(83,84)85)66(102)96-37-49(108-13-2)35-56(96)65(101)88-72(40-73(78,79)41-72)71(107)94(11)63(47-19-16-17-20-47)70(106)93(10)54(42(3)4)36-59(98)92(9)55(64(100)87-62)33-44-22-23-44/h14-15,42-57,61-63H,12-13,16-41H2,1-11H3,(H,86,97)(H,87,100)(H,88,101)/b15-14-/t43-,45?,46?,48?,49+,50?,51?,52-,53-,54+,55-,56-,57-,61?,62-,63-/m0/s1. The Labute approximate surface area is 626 Å². The third-order valence-corrected chi connectivity index (χ3v) is 24.5. The number of carbonyl (C=O) groups is 11. The van der Waals surface area contributed by atoms with E-state index in [1.165, 1.54) is 57.0 Å². The van der Waals surface area contributed by atoms with Gasteiger partial charge in [0, 0.05) is 93.7 Å². The van der Waals surface area contributed by atoms with E-state index >= 15 is 46.3 Å². The first-order valence-electron chi connectivity index (χ1n) is 38.7. The molecule has 0 radical (unpaired) electrons. The second kappa shape index (κ2) is 36.1. The summed E-state index contributed by atoms with van der Waals surface area (Å²) in [6.07, 6.45) is -15.3. The molecule has 7 fully saturated rings. The number of likely N-dealkylation sites (N-methyl/N-ethyl adjacent to an activating group) is 6. The van der Waals surface area contributed by atoms with Crippen LogP contribution in [0, 0.1) is 47.3 Å². The summed E-state index contributed by atoms with van der Waals surface area (Å²) in [5.74, 6) is -20.8. The lowest BCUT2D eigenvalue weighted by atomic mass is 9.71. The van der Waals surface area contributed by atoms with E-state index in [0.29, 0.717) is 32.1 Å². The van der Waals surface area contributed by atoms with Crippen LogP contribution in [-0.2, 0) is 57.5 Å². The van der Waals surface area contributed by atoms with Crippen molar-refractivity contribution in [2.75, 3.05) is 75.1 Å². The lowest BCUT2D eigenvalue weighted by Gasteiger charge is -2.50. The Bertz CT molecular complexity index is 3240. The van der Waals surface area contributed by atoms with E-state index in [9.17, 15) is 50.3 Å². The number of nitrogens with zero attached hydrogens (tertiary/aromatic N) is 8. The molecule has 5 aliphatic carbocycles. The maximum atomic E-state index is 15.7. The largest absolute Gasteiger partial charge is 0.397 e. The highest BCUT2D eigenvalue weighted by atomic mass is 19.4. The zero-order chi connectivity index (χ0) is 80.0. The Hall–Kier alpha value is -6.83. The van der Waals surface area contributed by atoms with E-state index < -0.39 is 255 Å². The van der Waals surface area contributed by atoms with Crippen LogP contribution in [0.1, 0.15) is 182 Å². The van der Waals surface area contributed by atoms with Gasteiger partial charge in [-0.2, -0.15) is 26.3 Å². The van der Waals surface area contributed by atoms with Crippen molar-refractivity contribution in [2.45, 2.75) is 273 Å². The van der Waals surface area contributed by atoms with Crippen molar-refractivity contribution >= 4 is 65.0 Å². The molecule has 0 aromatic carbocycles. The van der Waals surface area contributed by atoms with Crippen molar-refractivity contribution in [3.8, 4) is 0 Å². The van der Waals surface area contributed by atoms with Crippen molar-refractivity contribution < 1.29 is 101 Å². The van der Waals surface area contributed by atoms with Crippen LogP contribution in [0.2, 0.25) is 0 Å². The Morgan fingerprint density at radius 2 is 1.19 bits per heavy atom.